The fourth-order valence-corrected chi connectivity index (χ4v) is 4.43. The van der Waals surface area contributed by atoms with Crippen LogP contribution < -0.4 is 5.32 Å². The van der Waals surface area contributed by atoms with Crippen LogP contribution in [0.1, 0.15) is 23.7 Å². The van der Waals surface area contributed by atoms with E-state index in [1.54, 1.807) is 19.1 Å². The van der Waals surface area contributed by atoms with Crippen molar-refractivity contribution in [3.8, 4) is 5.75 Å². The molecule has 1 fully saturated rings. The summed E-state index contributed by atoms with van der Waals surface area (Å²) in [5, 5.41) is 12.1. The molecule has 22 heavy (non-hydrogen) atoms. The summed E-state index contributed by atoms with van der Waals surface area (Å²) in [5.41, 5.74) is -0.873. The van der Waals surface area contributed by atoms with Crippen molar-refractivity contribution in [1.29, 1.82) is 0 Å². The molecule has 0 radical (unpaired) electrons. The van der Waals surface area contributed by atoms with Crippen LogP contribution >= 0.6 is 0 Å². The first-order valence-corrected chi connectivity index (χ1v) is 8.49. The number of hydrogen-bond donors (Lipinski definition) is 2. The van der Waals surface area contributed by atoms with Crippen molar-refractivity contribution in [1.82, 2.24) is 5.32 Å². The number of carbonyl (C=O) groups is 2. The van der Waals surface area contributed by atoms with Gasteiger partial charge in [-0.05, 0) is 25.5 Å². The van der Waals surface area contributed by atoms with Crippen LogP contribution in [0.3, 0.4) is 0 Å². The fourth-order valence-electron chi connectivity index (χ4n) is 2.34. The van der Waals surface area contributed by atoms with Gasteiger partial charge in [0.15, 0.2) is 16.4 Å². The van der Waals surface area contributed by atoms with Gasteiger partial charge in [-0.3, -0.25) is 4.79 Å². The highest BCUT2D eigenvalue weighted by molar-refractivity contribution is 7.91. The van der Waals surface area contributed by atoms with Crippen molar-refractivity contribution in [2.45, 2.75) is 18.9 Å². The van der Waals surface area contributed by atoms with Crippen LogP contribution in [0.2, 0.25) is 0 Å². The van der Waals surface area contributed by atoms with Crippen LogP contribution in [0.25, 0.3) is 0 Å². The molecular weight excluding hydrogens is 310 g/mol. The summed E-state index contributed by atoms with van der Waals surface area (Å²) < 4.78 is 27.7. The Balaban J connectivity index is 1.89. The van der Waals surface area contributed by atoms with Crippen molar-refractivity contribution >= 4 is 21.7 Å². The van der Waals surface area contributed by atoms with E-state index in [9.17, 15) is 23.1 Å². The largest absolute Gasteiger partial charge is 0.507 e. The van der Waals surface area contributed by atoms with Crippen molar-refractivity contribution < 1.29 is 27.9 Å². The van der Waals surface area contributed by atoms with Crippen LogP contribution in [0, 0.1) is 0 Å². The molecule has 1 saturated heterocycles. The molecule has 0 saturated carbocycles. The molecule has 1 aliphatic heterocycles. The first-order chi connectivity index (χ1) is 10.2. The minimum absolute atomic E-state index is 0.0292. The van der Waals surface area contributed by atoms with E-state index in [1.165, 1.54) is 12.1 Å². The van der Waals surface area contributed by atoms with Gasteiger partial charge in [0, 0.05) is 0 Å². The lowest BCUT2D eigenvalue weighted by Crippen LogP contribution is -2.48. The Morgan fingerprint density at radius 2 is 2.05 bits per heavy atom. The average molecular weight is 327 g/mol. The zero-order valence-corrected chi connectivity index (χ0v) is 12.9. The minimum atomic E-state index is -3.13. The predicted octanol–water partition coefficient (Wildman–Crippen LogP) is 0.242. The molecule has 0 aromatic heterocycles. The second kappa shape index (κ2) is 5.96. The summed E-state index contributed by atoms with van der Waals surface area (Å²) in [4.78, 5) is 23.5. The second-order valence-electron chi connectivity index (χ2n) is 5.54. The molecule has 2 rings (SSSR count). The Morgan fingerprint density at radius 3 is 2.64 bits per heavy atom. The number of carbonyl (C=O) groups excluding carboxylic acids is 2. The number of hydrogen-bond acceptors (Lipinski definition) is 6. The summed E-state index contributed by atoms with van der Waals surface area (Å²) in [5.74, 6) is -1.73. The van der Waals surface area contributed by atoms with E-state index in [-0.39, 0.29) is 22.8 Å². The SMILES string of the molecule is C[C@@]1(NC(=O)COC(=O)c2ccccc2O)CCS(=O)(=O)C1. The fraction of sp³-hybridized carbons (Fsp3) is 0.429. The smallest absolute Gasteiger partial charge is 0.342 e. The molecule has 1 aliphatic rings. The molecule has 8 heteroatoms. The molecule has 7 nitrogen and oxygen atoms in total. The topological polar surface area (TPSA) is 110 Å². The number of nitrogens with one attached hydrogen (secondary N) is 1. The van der Waals surface area contributed by atoms with Gasteiger partial charge in [0.25, 0.3) is 5.91 Å². The Kier molecular flexibility index (Phi) is 4.41. The highest BCUT2D eigenvalue weighted by Gasteiger charge is 2.39. The van der Waals surface area contributed by atoms with Crippen molar-refractivity contribution in [3.05, 3.63) is 29.8 Å². The number of phenols is 1. The maximum absolute atomic E-state index is 11.8. The number of rotatable bonds is 4. The highest BCUT2D eigenvalue weighted by atomic mass is 32.2. The molecule has 1 amide bonds. The summed E-state index contributed by atoms with van der Waals surface area (Å²) in [7, 11) is -3.13. The predicted molar refractivity (Wildman–Crippen MR) is 78.2 cm³/mol. The van der Waals surface area contributed by atoms with Gasteiger partial charge in [-0.1, -0.05) is 12.1 Å². The molecule has 1 heterocycles. The first-order valence-electron chi connectivity index (χ1n) is 6.67. The standard InChI is InChI=1S/C14H17NO6S/c1-14(6-7-22(19,20)9-14)15-12(17)8-21-13(18)10-4-2-3-5-11(10)16/h2-5,16H,6-9H2,1H3,(H,15,17)/t14-/m1/s1. The van der Waals surface area contributed by atoms with Gasteiger partial charge < -0.3 is 15.2 Å². The van der Waals surface area contributed by atoms with Gasteiger partial charge in [-0.25, -0.2) is 13.2 Å². The monoisotopic (exact) mass is 327 g/mol. The van der Waals surface area contributed by atoms with Gasteiger partial charge >= 0.3 is 5.97 Å². The minimum Gasteiger partial charge on any atom is -0.507 e. The summed E-state index contributed by atoms with van der Waals surface area (Å²) in [6.07, 6.45) is 0.328. The van der Waals surface area contributed by atoms with Gasteiger partial charge in [0.1, 0.15) is 11.3 Å². The molecule has 0 aliphatic carbocycles. The first kappa shape index (κ1) is 16.3. The number of aromatic hydroxyl groups is 1. The number of amides is 1. The molecular formula is C14H17NO6S. The molecule has 0 bridgehead atoms. The van der Waals surface area contributed by atoms with Gasteiger partial charge in [-0.2, -0.15) is 0 Å². The lowest BCUT2D eigenvalue weighted by molar-refractivity contribution is -0.125. The van der Waals surface area contributed by atoms with Crippen molar-refractivity contribution in [2.75, 3.05) is 18.1 Å². The van der Waals surface area contributed by atoms with Crippen LogP contribution in [-0.2, 0) is 19.4 Å². The van der Waals surface area contributed by atoms with Crippen molar-refractivity contribution in [3.63, 3.8) is 0 Å². The molecule has 2 N–H and O–H groups in total. The second-order valence-corrected chi connectivity index (χ2v) is 7.73. The van der Waals surface area contributed by atoms with E-state index in [2.05, 4.69) is 5.32 Å². The van der Waals surface area contributed by atoms with Crippen molar-refractivity contribution in [2.24, 2.45) is 0 Å². The zero-order chi connectivity index (χ0) is 16.4. The molecule has 120 valence electrons. The summed E-state index contributed by atoms with van der Waals surface area (Å²) >= 11 is 0. The molecule has 0 unspecified atom stereocenters. The van der Waals surface area contributed by atoms with Crippen LogP contribution in [0.4, 0.5) is 0 Å². The number of phenolic OH excluding ortho intramolecular Hbond substituents is 1. The third-order valence-electron chi connectivity index (χ3n) is 3.40. The lowest BCUT2D eigenvalue weighted by Gasteiger charge is -2.23. The van der Waals surface area contributed by atoms with Crippen LogP contribution in [0.5, 0.6) is 5.75 Å². The molecule has 1 aromatic carbocycles. The Bertz CT molecular complexity index is 699. The number of para-hydroxylation sites is 1. The average Bonchev–Trinajstić information content (AvgIpc) is 2.70. The number of ether oxygens (including phenoxy) is 1. The van der Waals surface area contributed by atoms with E-state index in [0.29, 0.717) is 6.42 Å². The van der Waals surface area contributed by atoms with E-state index in [1.807, 2.05) is 0 Å². The summed E-state index contributed by atoms with van der Waals surface area (Å²) in [6, 6.07) is 5.82. The van der Waals surface area contributed by atoms with Gasteiger partial charge in [0.05, 0.1) is 17.0 Å². The zero-order valence-electron chi connectivity index (χ0n) is 12.0. The number of benzene rings is 1. The van der Waals surface area contributed by atoms with Gasteiger partial charge in [0.2, 0.25) is 0 Å². The van der Waals surface area contributed by atoms with Gasteiger partial charge in [-0.15, -0.1) is 0 Å². The third kappa shape index (κ3) is 3.97. The Morgan fingerprint density at radius 1 is 1.36 bits per heavy atom. The van der Waals surface area contributed by atoms with E-state index < -0.39 is 33.9 Å². The third-order valence-corrected chi connectivity index (χ3v) is 5.31. The molecule has 1 atom stereocenters. The Hall–Kier alpha value is -2.09. The van der Waals surface area contributed by atoms with E-state index >= 15 is 0 Å². The normalized spacial score (nSPS) is 23.0. The summed E-state index contributed by atoms with van der Waals surface area (Å²) in [6.45, 7) is 1.10. The Labute approximate surface area is 128 Å². The number of esters is 1. The maximum Gasteiger partial charge on any atom is 0.342 e. The quantitative estimate of drug-likeness (QED) is 0.767. The van der Waals surface area contributed by atoms with Crippen LogP contribution in [0.15, 0.2) is 24.3 Å². The van der Waals surface area contributed by atoms with E-state index in [0.717, 1.165) is 0 Å². The molecule has 1 aromatic rings. The lowest BCUT2D eigenvalue weighted by atomic mass is 10.0. The van der Waals surface area contributed by atoms with E-state index in [4.69, 9.17) is 4.74 Å². The highest BCUT2D eigenvalue weighted by Crippen LogP contribution is 2.22. The maximum atomic E-state index is 11.8. The van der Waals surface area contributed by atoms with Crippen LogP contribution in [-0.4, -0.2) is 49.1 Å². The molecule has 0 spiro atoms. The number of sulfone groups is 1.